The van der Waals surface area contributed by atoms with E-state index in [0.29, 0.717) is 29.7 Å². The number of halogens is 2. The van der Waals surface area contributed by atoms with E-state index in [9.17, 15) is 4.79 Å². The maximum Gasteiger partial charge on any atom is 0.236 e. The molecule has 5 rings (SSSR count). The van der Waals surface area contributed by atoms with Crippen LogP contribution >= 0.6 is 23.2 Å². The van der Waals surface area contributed by atoms with E-state index < -0.39 is 0 Å². The summed E-state index contributed by atoms with van der Waals surface area (Å²) in [6, 6.07) is 18.0. The number of methoxy groups -OCH3 is 1. The molecule has 0 aliphatic carbocycles. The number of fused-ring (bicyclic) bond motifs is 1. The van der Waals surface area contributed by atoms with Crippen molar-refractivity contribution < 1.29 is 9.53 Å². The zero-order valence-corrected chi connectivity index (χ0v) is 20.7. The van der Waals surface area contributed by atoms with Crippen LogP contribution in [0.3, 0.4) is 0 Å². The smallest absolute Gasteiger partial charge is 0.236 e. The van der Waals surface area contributed by atoms with Crippen LogP contribution in [0.4, 0.5) is 5.69 Å². The van der Waals surface area contributed by atoms with Crippen LogP contribution in [0, 0.1) is 0 Å². The Morgan fingerprint density at radius 2 is 1.71 bits per heavy atom. The van der Waals surface area contributed by atoms with Gasteiger partial charge in [-0.25, -0.2) is 0 Å². The van der Waals surface area contributed by atoms with Crippen molar-refractivity contribution in [3.05, 3.63) is 82.1 Å². The molecular formula is C26H28Cl2N4O2. The molecule has 8 heteroatoms. The molecule has 1 fully saturated rings. The molecule has 6 nitrogen and oxygen atoms in total. The quantitative estimate of drug-likeness (QED) is 0.517. The standard InChI is InChI=1S/C26H28Cl2N4O2/c1-34-21-7-5-20(6-8-21)29-11-14-31(15-12-29)25(33)18-32-16-13-30-10-2-3-24(30)26(32)19-4-9-22(27)23(28)17-19/h2-10,17,26H,11-16,18H2,1H3. The van der Waals surface area contributed by atoms with E-state index in [1.165, 1.54) is 5.69 Å². The molecule has 0 saturated carbocycles. The van der Waals surface area contributed by atoms with E-state index in [1.807, 2.05) is 35.2 Å². The second-order valence-electron chi connectivity index (χ2n) is 8.74. The predicted octanol–water partition coefficient (Wildman–Crippen LogP) is 4.56. The minimum absolute atomic E-state index is 0.0388. The van der Waals surface area contributed by atoms with Crippen molar-refractivity contribution in [3.63, 3.8) is 0 Å². The molecule has 0 bridgehead atoms. The van der Waals surface area contributed by atoms with Gasteiger partial charge in [-0.2, -0.15) is 0 Å². The first kappa shape index (κ1) is 23.1. The van der Waals surface area contributed by atoms with Crippen LogP contribution in [0.5, 0.6) is 5.75 Å². The zero-order chi connectivity index (χ0) is 23.7. The van der Waals surface area contributed by atoms with Crippen LogP contribution in [-0.4, -0.2) is 66.7 Å². The van der Waals surface area contributed by atoms with E-state index in [0.717, 1.165) is 43.2 Å². The van der Waals surface area contributed by atoms with Gasteiger partial charge in [-0.15, -0.1) is 0 Å². The third kappa shape index (κ3) is 4.63. The first-order valence-corrected chi connectivity index (χ1v) is 12.3. The Morgan fingerprint density at radius 1 is 0.941 bits per heavy atom. The van der Waals surface area contributed by atoms with Crippen LogP contribution in [-0.2, 0) is 11.3 Å². The number of benzene rings is 2. The van der Waals surface area contributed by atoms with Gasteiger partial charge in [-0.1, -0.05) is 29.3 Å². The van der Waals surface area contributed by atoms with E-state index in [4.69, 9.17) is 27.9 Å². The summed E-state index contributed by atoms with van der Waals surface area (Å²) in [4.78, 5) is 19.9. The van der Waals surface area contributed by atoms with Crippen molar-refractivity contribution in [1.82, 2.24) is 14.4 Å². The van der Waals surface area contributed by atoms with Crippen molar-refractivity contribution in [3.8, 4) is 5.75 Å². The van der Waals surface area contributed by atoms with Gasteiger partial charge in [0.25, 0.3) is 0 Å². The summed E-state index contributed by atoms with van der Waals surface area (Å²) < 4.78 is 7.51. The highest BCUT2D eigenvalue weighted by Crippen LogP contribution is 2.35. The summed E-state index contributed by atoms with van der Waals surface area (Å²) in [5, 5.41) is 1.07. The fourth-order valence-corrected chi connectivity index (χ4v) is 5.25. The molecule has 0 N–H and O–H groups in total. The molecule has 2 aromatic carbocycles. The van der Waals surface area contributed by atoms with Gasteiger partial charge >= 0.3 is 0 Å². The molecule has 0 radical (unpaired) electrons. The fraction of sp³-hybridized carbons (Fsp3) is 0.346. The topological polar surface area (TPSA) is 41.0 Å². The van der Waals surface area contributed by atoms with Gasteiger partial charge in [0.05, 0.1) is 29.7 Å². The summed E-state index contributed by atoms with van der Waals surface area (Å²) >= 11 is 12.5. The molecule has 178 valence electrons. The Labute approximate surface area is 210 Å². The van der Waals surface area contributed by atoms with Crippen LogP contribution in [0.15, 0.2) is 60.8 Å². The van der Waals surface area contributed by atoms with Crippen LogP contribution in [0.1, 0.15) is 17.3 Å². The number of piperazine rings is 1. The Bertz CT molecular complexity index is 1160. The van der Waals surface area contributed by atoms with E-state index in [-0.39, 0.29) is 11.9 Å². The van der Waals surface area contributed by atoms with E-state index >= 15 is 0 Å². The maximum absolute atomic E-state index is 13.3. The molecular weight excluding hydrogens is 471 g/mol. The number of hydrogen-bond donors (Lipinski definition) is 0. The zero-order valence-electron chi connectivity index (χ0n) is 19.2. The number of anilines is 1. The van der Waals surface area contributed by atoms with Crippen LogP contribution < -0.4 is 9.64 Å². The SMILES string of the molecule is COc1ccc(N2CCN(C(=O)CN3CCn4cccc4C3c3ccc(Cl)c(Cl)c3)CC2)cc1. The molecule has 1 aromatic heterocycles. The van der Waals surface area contributed by atoms with Crippen molar-refractivity contribution in [1.29, 1.82) is 0 Å². The third-order valence-corrected chi connectivity index (χ3v) is 7.54. The average Bonchev–Trinajstić information content (AvgIpc) is 3.35. The number of aromatic nitrogens is 1. The first-order chi connectivity index (χ1) is 16.5. The Hall–Kier alpha value is -2.67. The highest BCUT2D eigenvalue weighted by atomic mass is 35.5. The number of amides is 1. The van der Waals surface area contributed by atoms with Crippen molar-refractivity contribution in [2.45, 2.75) is 12.6 Å². The van der Waals surface area contributed by atoms with E-state index in [1.54, 1.807) is 7.11 Å². The normalized spacial score (nSPS) is 18.6. The summed E-state index contributed by atoms with van der Waals surface area (Å²) in [6.07, 6.45) is 2.09. The lowest BCUT2D eigenvalue weighted by molar-refractivity contribution is -0.133. The third-order valence-electron chi connectivity index (χ3n) is 6.81. The lowest BCUT2D eigenvalue weighted by Gasteiger charge is -2.40. The van der Waals surface area contributed by atoms with Gasteiger partial charge < -0.3 is 19.1 Å². The van der Waals surface area contributed by atoms with E-state index in [2.05, 4.69) is 44.8 Å². The maximum atomic E-state index is 13.3. The van der Waals surface area contributed by atoms with Crippen molar-refractivity contribution in [2.75, 3.05) is 51.3 Å². The molecule has 1 amide bonds. The number of carbonyl (C=O) groups is 1. The van der Waals surface area contributed by atoms with Crippen LogP contribution in [0.25, 0.3) is 0 Å². The minimum atomic E-state index is -0.0388. The number of hydrogen-bond acceptors (Lipinski definition) is 4. The number of nitrogens with zero attached hydrogens (tertiary/aromatic N) is 4. The molecule has 0 spiro atoms. The summed E-state index contributed by atoms with van der Waals surface area (Å²) in [5.74, 6) is 1.02. The molecule has 2 aliphatic rings. The second kappa shape index (κ2) is 9.90. The van der Waals surface area contributed by atoms with Crippen molar-refractivity contribution in [2.24, 2.45) is 0 Å². The largest absolute Gasteiger partial charge is 0.497 e. The van der Waals surface area contributed by atoms with Crippen molar-refractivity contribution >= 4 is 34.8 Å². The van der Waals surface area contributed by atoms with Gasteiger partial charge in [0.15, 0.2) is 0 Å². The molecule has 3 aromatic rings. The summed E-state index contributed by atoms with van der Waals surface area (Å²) in [6.45, 7) is 5.09. The lowest BCUT2D eigenvalue weighted by atomic mass is 10.00. The van der Waals surface area contributed by atoms with Gasteiger partial charge in [-0.05, 0) is 54.1 Å². The molecule has 34 heavy (non-hydrogen) atoms. The minimum Gasteiger partial charge on any atom is -0.497 e. The Balaban J connectivity index is 1.27. The number of rotatable bonds is 5. The molecule has 2 aliphatic heterocycles. The first-order valence-electron chi connectivity index (χ1n) is 11.5. The van der Waals surface area contributed by atoms with Gasteiger partial charge in [-0.3, -0.25) is 9.69 Å². The summed E-state index contributed by atoms with van der Waals surface area (Å²) in [5.41, 5.74) is 3.37. The highest BCUT2D eigenvalue weighted by Gasteiger charge is 2.32. The van der Waals surface area contributed by atoms with Gasteiger partial charge in [0.1, 0.15) is 5.75 Å². The Kier molecular flexibility index (Phi) is 6.73. The van der Waals surface area contributed by atoms with Gasteiger partial charge in [0, 0.05) is 56.8 Å². The number of carbonyl (C=O) groups excluding carboxylic acids is 1. The number of ether oxygens (including phenoxy) is 1. The second-order valence-corrected chi connectivity index (χ2v) is 9.55. The predicted molar refractivity (Wildman–Crippen MR) is 136 cm³/mol. The monoisotopic (exact) mass is 498 g/mol. The fourth-order valence-electron chi connectivity index (χ4n) is 4.95. The highest BCUT2D eigenvalue weighted by molar-refractivity contribution is 6.42. The molecule has 1 saturated heterocycles. The molecule has 1 atom stereocenters. The Morgan fingerprint density at radius 3 is 2.41 bits per heavy atom. The average molecular weight is 499 g/mol. The molecule has 3 heterocycles. The summed E-state index contributed by atoms with van der Waals surface area (Å²) in [7, 11) is 1.67. The molecule has 1 unspecified atom stereocenters. The van der Waals surface area contributed by atoms with Crippen LogP contribution in [0.2, 0.25) is 10.0 Å². The van der Waals surface area contributed by atoms with Gasteiger partial charge in [0.2, 0.25) is 5.91 Å². The lowest BCUT2D eigenvalue weighted by Crippen LogP contribution is -2.52.